The standard InChI is InChI=1S/C16H19FN2O/c17-12-4-3-7-14(10-12)20-15-8-9-18-16(11-15)19-13-5-1-2-6-13/h7-11,13H,1-6H2,(H,18,19). The van der Waals surface area contributed by atoms with Crippen molar-refractivity contribution in [3.63, 3.8) is 0 Å². The van der Waals surface area contributed by atoms with Gasteiger partial charge in [0, 0.05) is 30.8 Å². The molecule has 3 rings (SSSR count). The van der Waals surface area contributed by atoms with E-state index >= 15 is 0 Å². The lowest BCUT2D eigenvalue weighted by molar-refractivity contribution is 0.429. The Kier molecular flexibility index (Phi) is 4.00. The lowest BCUT2D eigenvalue weighted by Gasteiger charge is -2.14. The van der Waals surface area contributed by atoms with Crippen molar-refractivity contribution in [2.24, 2.45) is 0 Å². The van der Waals surface area contributed by atoms with Gasteiger partial charge in [0.25, 0.3) is 0 Å². The second kappa shape index (κ2) is 6.07. The van der Waals surface area contributed by atoms with Crippen LogP contribution in [0.1, 0.15) is 38.5 Å². The van der Waals surface area contributed by atoms with E-state index in [1.807, 2.05) is 12.1 Å². The van der Waals surface area contributed by atoms with Crippen molar-refractivity contribution in [3.05, 3.63) is 42.1 Å². The zero-order valence-corrected chi connectivity index (χ0v) is 11.4. The molecule has 20 heavy (non-hydrogen) atoms. The minimum absolute atomic E-state index is 0.124. The van der Waals surface area contributed by atoms with Gasteiger partial charge in [-0.2, -0.15) is 0 Å². The summed E-state index contributed by atoms with van der Waals surface area (Å²) < 4.78 is 18.9. The van der Waals surface area contributed by atoms with Crippen LogP contribution in [-0.2, 0) is 0 Å². The molecule has 106 valence electrons. The number of aromatic nitrogens is 1. The number of ether oxygens (including phenoxy) is 1. The molecule has 0 radical (unpaired) electrons. The maximum absolute atomic E-state index is 13.2. The molecule has 0 aromatic carbocycles. The van der Waals surface area contributed by atoms with Gasteiger partial charge in [-0.1, -0.05) is 12.8 Å². The Bertz CT molecular complexity index is 533. The number of anilines is 1. The first-order chi connectivity index (χ1) is 9.79. The number of hydrogen-bond acceptors (Lipinski definition) is 3. The van der Waals surface area contributed by atoms with Crippen LogP contribution in [0.4, 0.5) is 10.2 Å². The Morgan fingerprint density at radius 1 is 1.30 bits per heavy atom. The number of nitrogens with one attached hydrogen (secondary N) is 1. The summed E-state index contributed by atoms with van der Waals surface area (Å²) in [5, 5.41) is 3.43. The highest BCUT2D eigenvalue weighted by molar-refractivity contribution is 5.42. The number of halogens is 1. The van der Waals surface area contributed by atoms with Gasteiger partial charge in [-0.05, 0) is 31.4 Å². The zero-order valence-electron chi connectivity index (χ0n) is 11.4. The fraction of sp³-hybridized carbons (Fsp3) is 0.438. The van der Waals surface area contributed by atoms with Crippen molar-refractivity contribution in [2.45, 2.75) is 44.6 Å². The van der Waals surface area contributed by atoms with Crippen LogP contribution in [0.2, 0.25) is 0 Å². The minimum Gasteiger partial charge on any atom is -0.457 e. The summed E-state index contributed by atoms with van der Waals surface area (Å²) in [6.07, 6.45) is 11.2. The van der Waals surface area contributed by atoms with Crippen LogP contribution in [0.25, 0.3) is 0 Å². The SMILES string of the molecule is FC1=CC(Oc2ccnc(NC3CCCC3)c2)=CCC1. The fourth-order valence-corrected chi connectivity index (χ4v) is 2.68. The Morgan fingerprint density at radius 3 is 2.95 bits per heavy atom. The van der Waals surface area contributed by atoms with Crippen molar-refractivity contribution in [3.8, 4) is 5.75 Å². The highest BCUT2D eigenvalue weighted by Crippen LogP contribution is 2.25. The van der Waals surface area contributed by atoms with Gasteiger partial charge in [0.2, 0.25) is 0 Å². The molecule has 2 aliphatic carbocycles. The number of nitrogens with zero attached hydrogens (tertiary/aromatic N) is 1. The molecular formula is C16H19FN2O. The molecule has 1 fully saturated rings. The molecule has 1 aromatic heterocycles. The van der Waals surface area contributed by atoms with Crippen molar-refractivity contribution in [1.29, 1.82) is 0 Å². The first-order valence-corrected chi connectivity index (χ1v) is 7.26. The molecule has 1 heterocycles. The van der Waals surface area contributed by atoms with E-state index in [1.165, 1.54) is 31.8 Å². The van der Waals surface area contributed by atoms with E-state index in [0.29, 0.717) is 30.4 Å². The van der Waals surface area contributed by atoms with E-state index in [9.17, 15) is 4.39 Å². The van der Waals surface area contributed by atoms with Gasteiger partial charge in [-0.25, -0.2) is 9.37 Å². The quantitative estimate of drug-likeness (QED) is 0.886. The molecule has 4 heteroatoms. The number of rotatable bonds is 4. The van der Waals surface area contributed by atoms with Crippen molar-refractivity contribution >= 4 is 5.82 Å². The lowest BCUT2D eigenvalue weighted by atomic mass is 10.1. The molecule has 0 saturated heterocycles. The lowest BCUT2D eigenvalue weighted by Crippen LogP contribution is -2.15. The molecule has 0 unspecified atom stereocenters. The summed E-state index contributed by atoms with van der Waals surface area (Å²) in [5.74, 6) is 1.97. The average Bonchev–Trinajstić information content (AvgIpc) is 2.92. The predicted octanol–water partition coefficient (Wildman–Crippen LogP) is 4.35. The fourth-order valence-electron chi connectivity index (χ4n) is 2.68. The monoisotopic (exact) mass is 274 g/mol. The first-order valence-electron chi connectivity index (χ1n) is 7.26. The Labute approximate surface area is 118 Å². The third-order valence-corrected chi connectivity index (χ3v) is 3.70. The highest BCUT2D eigenvalue weighted by atomic mass is 19.1. The van der Waals surface area contributed by atoms with Gasteiger partial charge in [-0.3, -0.25) is 0 Å². The Morgan fingerprint density at radius 2 is 2.15 bits per heavy atom. The van der Waals surface area contributed by atoms with E-state index in [-0.39, 0.29) is 5.83 Å². The maximum atomic E-state index is 13.2. The highest BCUT2D eigenvalue weighted by Gasteiger charge is 2.15. The third kappa shape index (κ3) is 3.38. The third-order valence-electron chi connectivity index (χ3n) is 3.70. The number of hydrogen-bond donors (Lipinski definition) is 1. The average molecular weight is 274 g/mol. The van der Waals surface area contributed by atoms with E-state index < -0.39 is 0 Å². The summed E-state index contributed by atoms with van der Waals surface area (Å²) in [6.45, 7) is 0. The van der Waals surface area contributed by atoms with Crippen molar-refractivity contribution in [2.75, 3.05) is 5.32 Å². The Hall–Kier alpha value is -1.84. The molecule has 1 N–H and O–H groups in total. The topological polar surface area (TPSA) is 34.1 Å². The van der Waals surface area contributed by atoms with Crippen LogP contribution in [0.5, 0.6) is 5.75 Å². The van der Waals surface area contributed by atoms with E-state index in [4.69, 9.17) is 4.74 Å². The molecule has 0 spiro atoms. The summed E-state index contributed by atoms with van der Waals surface area (Å²) in [5.41, 5.74) is 0. The Balaban J connectivity index is 1.66. The first kappa shape index (κ1) is 13.2. The van der Waals surface area contributed by atoms with Crippen molar-refractivity contribution < 1.29 is 9.13 Å². The molecule has 0 amide bonds. The molecule has 2 aliphatic rings. The van der Waals surface area contributed by atoms with Crippen LogP contribution >= 0.6 is 0 Å². The van der Waals surface area contributed by atoms with Crippen LogP contribution in [0, 0.1) is 0 Å². The summed E-state index contributed by atoms with van der Waals surface area (Å²) in [7, 11) is 0. The predicted molar refractivity (Wildman–Crippen MR) is 77.3 cm³/mol. The number of pyridine rings is 1. The van der Waals surface area contributed by atoms with Crippen LogP contribution < -0.4 is 10.1 Å². The molecule has 0 bridgehead atoms. The molecule has 3 nitrogen and oxygen atoms in total. The molecule has 1 saturated carbocycles. The largest absolute Gasteiger partial charge is 0.457 e. The minimum atomic E-state index is -0.124. The second-order valence-corrected chi connectivity index (χ2v) is 5.34. The summed E-state index contributed by atoms with van der Waals surface area (Å²) >= 11 is 0. The molecule has 0 atom stereocenters. The van der Waals surface area contributed by atoms with Crippen LogP contribution in [-0.4, -0.2) is 11.0 Å². The second-order valence-electron chi connectivity index (χ2n) is 5.34. The smallest absolute Gasteiger partial charge is 0.132 e. The summed E-state index contributed by atoms with van der Waals surface area (Å²) in [6, 6.07) is 4.18. The van der Waals surface area contributed by atoms with Gasteiger partial charge in [-0.15, -0.1) is 0 Å². The van der Waals surface area contributed by atoms with Crippen LogP contribution in [0.15, 0.2) is 42.1 Å². The van der Waals surface area contributed by atoms with Gasteiger partial charge in [0.05, 0.1) is 0 Å². The van der Waals surface area contributed by atoms with Gasteiger partial charge in [0.1, 0.15) is 23.2 Å². The molecule has 1 aromatic rings. The van der Waals surface area contributed by atoms with Gasteiger partial charge >= 0.3 is 0 Å². The normalized spacial score (nSPS) is 19.4. The maximum Gasteiger partial charge on any atom is 0.132 e. The van der Waals surface area contributed by atoms with Gasteiger partial charge in [0.15, 0.2) is 0 Å². The van der Waals surface area contributed by atoms with E-state index in [2.05, 4.69) is 10.3 Å². The zero-order chi connectivity index (χ0) is 13.8. The van der Waals surface area contributed by atoms with Gasteiger partial charge < -0.3 is 10.1 Å². The van der Waals surface area contributed by atoms with Crippen LogP contribution in [0.3, 0.4) is 0 Å². The summed E-state index contributed by atoms with van der Waals surface area (Å²) in [4.78, 5) is 4.31. The molecular weight excluding hydrogens is 255 g/mol. The number of allylic oxidation sites excluding steroid dienone is 3. The van der Waals surface area contributed by atoms with Crippen molar-refractivity contribution in [1.82, 2.24) is 4.98 Å². The molecule has 0 aliphatic heterocycles. The van der Waals surface area contributed by atoms with E-state index in [0.717, 1.165) is 5.82 Å². The van der Waals surface area contributed by atoms with E-state index in [1.54, 1.807) is 12.3 Å².